The summed E-state index contributed by atoms with van der Waals surface area (Å²) in [6.07, 6.45) is 10.9. The van der Waals surface area contributed by atoms with Crippen molar-refractivity contribution >= 4 is 45.4 Å². The maximum absolute atomic E-state index is 12.6. The van der Waals surface area contributed by atoms with Crippen LogP contribution in [0.5, 0.6) is 11.5 Å². The number of rotatable bonds is 11. The minimum absolute atomic E-state index is 0.0809. The average Bonchev–Trinajstić information content (AvgIpc) is 3.38. The normalized spacial score (nSPS) is 16.5. The molecule has 31 heavy (non-hydrogen) atoms. The predicted octanol–water partition coefficient (Wildman–Crippen LogP) is 6.12. The second-order valence-corrected chi connectivity index (χ2v) is 9.09. The van der Waals surface area contributed by atoms with Gasteiger partial charge in [0.1, 0.15) is 0 Å². The van der Waals surface area contributed by atoms with Crippen molar-refractivity contribution in [2.75, 3.05) is 20.8 Å². The van der Waals surface area contributed by atoms with Crippen LogP contribution in [0.3, 0.4) is 0 Å². The number of amidine groups is 1. The molecule has 0 radical (unpaired) electrons. The van der Waals surface area contributed by atoms with Crippen molar-refractivity contribution in [1.82, 2.24) is 9.88 Å². The number of likely N-dealkylation sites (N-methyl/N-ethyl adjacent to an activating group) is 1. The topological polar surface area (TPSA) is 64.0 Å². The van der Waals surface area contributed by atoms with Crippen molar-refractivity contribution in [3.05, 3.63) is 40.2 Å². The predicted molar refractivity (Wildman–Crippen MR) is 129 cm³/mol. The summed E-state index contributed by atoms with van der Waals surface area (Å²) in [5.74, 6) is 1.32. The van der Waals surface area contributed by atoms with Gasteiger partial charge >= 0.3 is 0 Å². The largest absolute Gasteiger partial charge is 0.493 e. The van der Waals surface area contributed by atoms with Crippen LogP contribution in [-0.4, -0.2) is 41.7 Å². The van der Waals surface area contributed by atoms with E-state index in [1.165, 1.54) is 55.2 Å². The summed E-state index contributed by atoms with van der Waals surface area (Å²) in [6, 6.07) is 5.74. The molecule has 0 bridgehead atoms. The number of ether oxygens (including phenoxy) is 2. The van der Waals surface area contributed by atoms with Gasteiger partial charge in [-0.05, 0) is 42.0 Å². The lowest BCUT2D eigenvalue weighted by Crippen LogP contribution is -2.23. The number of unbranched alkanes of at least 4 members (excludes halogenated alkanes) is 5. The van der Waals surface area contributed by atoms with Gasteiger partial charge in [-0.2, -0.15) is 4.99 Å². The number of methoxy groups -OCH3 is 1. The van der Waals surface area contributed by atoms with E-state index in [4.69, 9.17) is 9.47 Å². The minimum atomic E-state index is -0.0809. The molecule has 1 aliphatic heterocycles. The zero-order valence-corrected chi connectivity index (χ0v) is 19.9. The maximum atomic E-state index is 12.6. The van der Waals surface area contributed by atoms with Crippen LogP contribution >= 0.6 is 23.1 Å². The molecule has 1 aromatic carbocycles. The number of carbonyl (C=O) groups excluding carboxylic acids is 1. The van der Waals surface area contributed by atoms with E-state index in [9.17, 15) is 4.79 Å². The van der Waals surface area contributed by atoms with Gasteiger partial charge < -0.3 is 9.47 Å². The summed E-state index contributed by atoms with van der Waals surface area (Å²) in [7, 11) is 3.36. The first-order valence-electron chi connectivity index (χ1n) is 10.6. The van der Waals surface area contributed by atoms with E-state index in [0.717, 1.165) is 17.7 Å². The number of thiazole rings is 1. The van der Waals surface area contributed by atoms with Crippen LogP contribution in [0.4, 0.5) is 5.13 Å². The first-order valence-corrected chi connectivity index (χ1v) is 12.3. The zero-order valence-electron chi connectivity index (χ0n) is 18.3. The highest BCUT2D eigenvalue weighted by Gasteiger charge is 2.30. The summed E-state index contributed by atoms with van der Waals surface area (Å²) in [6.45, 7) is 2.91. The average molecular weight is 460 g/mol. The van der Waals surface area contributed by atoms with Crippen LogP contribution in [0.25, 0.3) is 6.08 Å². The second-order valence-electron chi connectivity index (χ2n) is 7.21. The molecule has 2 heterocycles. The van der Waals surface area contributed by atoms with Gasteiger partial charge in [-0.3, -0.25) is 9.69 Å². The molecule has 1 aliphatic rings. The van der Waals surface area contributed by atoms with Gasteiger partial charge in [0.15, 0.2) is 16.7 Å². The Morgan fingerprint density at radius 3 is 2.71 bits per heavy atom. The quantitative estimate of drug-likeness (QED) is 0.299. The molecule has 8 heteroatoms. The number of nitrogens with zero attached hydrogens (tertiary/aromatic N) is 3. The van der Waals surface area contributed by atoms with Crippen LogP contribution in [0.2, 0.25) is 0 Å². The van der Waals surface area contributed by atoms with Gasteiger partial charge in [0, 0.05) is 18.6 Å². The van der Waals surface area contributed by atoms with Crippen LogP contribution in [0.1, 0.15) is 51.0 Å². The van der Waals surface area contributed by atoms with Gasteiger partial charge in [-0.1, -0.05) is 45.1 Å². The number of amides is 1. The van der Waals surface area contributed by atoms with Gasteiger partial charge in [0.05, 0.1) is 18.6 Å². The Morgan fingerprint density at radius 1 is 1.16 bits per heavy atom. The monoisotopic (exact) mass is 459 g/mol. The molecule has 1 fully saturated rings. The summed E-state index contributed by atoms with van der Waals surface area (Å²) in [5, 5.41) is 3.12. The van der Waals surface area contributed by atoms with Gasteiger partial charge in [-0.25, -0.2) is 4.98 Å². The Labute approximate surface area is 192 Å². The standard InChI is InChI=1S/C23H29N3O3S2/c1-4-5-6-7-8-9-13-29-18-11-10-17(15-19(18)28-3)16-20-21(27)26(2)23(31-20)25-22-24-12-14-30-22/h10-12,14-16H,4-9,13H2,1-3H3/b20-16-,25-23+. The molecule has 6 nitrogen and oxygen atoms in total. The van der Waals surface area contributed by atoms with Crippen LogP contribution in [0, 0.1) is 0 Å². The molecule has 3 rings (SSSR count). The lowest BCUT2D eigenvalue weighted by molar-refractivity contribution is -0.121. The molecule has 0 N–H and O–H groups in total. The number of hydrogen-bond acceptors (Lipinski definition) is 7. The third-order valence-electron chi connectivity index (χ3n) is 4.86. The smallest absolute Gasteiger partial charge is 0.266 e. The van der Waals surface area contributed by atoms with E-state index in [-0.39, 0.29) is 5.91 Å². The first kappa shape index (κ1) is 23.3. The summed E-state index contributed by atoms with van der Waals surface area (Å²) >= 11 is 2.78. The molecule has 1 aromatic heterocycles. The Bertz CT molecular complexity index is 926. The van der Waals surface area contributed by atoms with Crippen molar-refractivity contribution in [2.45, 2.75) is 45.4 Å². The molecule has 0 spiro atoms. The fourth-order valence-electron chi connectivity index (χ4n) is 3.11. The van der Waals surface area contributed by atoms with Gasteiger partial charge in [0.2, 0.25) is 5.13 Å². The Kier molecular flexibility index (Phi) is 8.97. The summed E-state index contributed by atoms with van der Waals surface area (Å²) in [5.41, 5.74) is 0.878. The van der Waals surface area contributed by atoms with Crippen molar-refractivity contribution in [3.63, 3.8) is 0 Å². The molecule has 1 amide bonds. The number of aromatic nitrogens is 1. The van der Waals surface area contributed by atoms with E-state index < -0.39 is 0 Å². The lowest BCUT2D eigenvalue weighted by atomic mass is 10.1. The van der Waals surface area contributed by atoms with E-state index in [0.29, 0.717) is 27.6 Å². The van der Waals surface area contributed by atoms with Crippen LogP contribution < -0.4 is 9.47 Å². The van der Waals surface area contributed by atoms with E-state index >= 15 is 0 Å². The SMILES string of the molecule is CCCCCCCCOc1ccc(/C=C2\S/C(=N/c3nccs3)N(C)C2=O)cc1OC. The van der Waals surface area contributed by atoms with Crippen molar-refractivity contribution in [3.8, 4) is 11.5 Å². The van der Waals surface area contributed by atoms with E-state index in [2.05, 4.69) is 16.9 Å². The Hall–Kier alpha value is -2.32. The maximum Gasteiger partial charge on any atom is 0.266 e. The van der Waals surface area contributed by atoms with Crippen LogP contribution in [0.15, 0.2) is 39.7 Å². The molecule has 0 unspecified atom stereocenters. The molecule has 0 atom stereocenters. The number of thioether (sulfide) groups is 1. The fourth-order valence-corrected chi connectivity index (χ4v) is 4.64. The molecule has 2 aromatic rings. The number of aliphatic imine (C=N–C) groups is 1. The number of hydrogen-bond donors (Lipinski definition) is 0. The van der Waals surface area contributed by atoms with E-state index in [1.807, 2.05) is 29.7 Å². The molecule has 0 saturated carbocycles. The highest BCUT2D eigenvalue weighted by molar-refractivity contribution is 8.18. The molecular weight excluding hydrogens is 430 g/mol. The fraction of sp³-hybridized carbons (Fsp3) is 0.435. The summed E-state index contributed by atoms with van der Waals surface area (Å²) in [4.78, 5) is 23.4. The molecule has 1 saturated heterocycles. The van der Waals surface area contributed by atoms with Crippen molar-refractivity contribution in [1.29, 1.82) is 0 Å². The third kappa shape index (κ3) is 6.58. The Morgan fingerprint density at radius 2 is 1.97 bits per heavy atom. The molecule has 166 valence electrons. The zero-order chi connectivity index (χ0) is 22.1. The second kappa shape index (κ2) is 11.9. The highest BCUT2D eigenvalue weighted by Crippen LogP contribution is 2.35. The lowest BCUT2D eigenvalue weighted by Gasteiger charge is -2.11. The van der Waals surface area contributed by atoms with Crippen molar-refractivity contribution in [2.24, 2.45) is 4.99 Å². The third-order valence-corrected chi connectivity index (χ3v) is 6.58. The van der Waals surface area contributed by atoms with Crippen molar-refractivity contribution < 1.29 is 14.3 Å². The first-order chi connectivity index (χ1) is 15.1. The summed E-state index contributed by atoms with van der Waals surface area (Å²) < 4.78 is 11.4. The number of carbonyl (C=O) groups is 1. The molecule has 0 aliphatic carbocycles. The number of benzene rings is 1. The van der Waals surface area contributed by atoms with E-state index in [1.54, 1.807) is 25.3 Å². The highest BCUT2D eigenvalue weighted by atomic mass is 32.2. The minimum Gasteiger partial charge on any atom is -0.493 e. The Balaban J connectivity index is 1.62. The van der Waals surface area contributed by atoms with Gasteiger partial charge in [0.25, 0.3) is 5.91 Å². The van der Waals surface area contributed by atoms with Gasteiger partial charge in [-0.15, -0.1) is 11.3 Å². The van der Waals surface area contributed by atoms with Crippen LogP contribution in [-0.2, 0) is 4.79 Å². The molecular formula is C23H29N3O3S2.